The van der Waals surface area contributed by atoms with E-state index in [1.165, 1.54) is 6.33 Å². The van der Waals surface area contributed by atoms with Gasteiger partial charge in [-0.15, -0.1) is 0 Å². The molecule has 2 aromatic rings. The molecule has 0 amide bonds. The lowest BCUT2D eigenvalue weighted by Gasteiger charge is -2.23. The average molecular weight is 312 g/mol. The van der Waals surface area contributed by atoms with E-state index in [2.05, 4.69) is 41.2 Å². The molecule has 2 heterocycles. The summed E-state index contributed by atoms with van der Waals surface area (Å²) in [6, 6.07) is -0.0729. The van der Waals surface area contributed by atoms with Crippen LogP contribution in [-0.4, -0.2) is 37.3 Å². The van der Waals surface area contributed by atoms with Crippen molar-refractivity contribution in [2.24, 2.45) is 5.92 Å². The van der Waals surface area contributed by atoms with Crippen LogP contribution in [0.2, 0.25) is 5.15 Å². The summed E-state index contributed by atoms with van der Waals surface area (Å²) in [6.07, 6.45) is 4.36. The lowest BCUT2D eigenvalue weighted by Crippen LogP contribution is -2.31. The van der Waals surface area contributed by atoms with Gasteiger partial charge in [0, 0.05) is 5.56 Å². The Kier molecular flexibility index (Phi) is 5.36. The van der Waals surface area contributed by atoms with Gasteiger partial charge < -0.3 is 10.4 Å². The monoisotopic (exact) mass is 311 g/mol. The second-order valence-corrected chi connectivity index (χ2v) is 5.84. The van der Waals surface area contributed by atoms with Crippen LogP contribution in [0.3, 0.4) is 0 Å². The summed E-state index contributed by atoms with van der Waals surface area (Å²) in [4.78, 5) is 8.37. The number of nitrogens with zero attached hydrogens (tertiary/aromatic N) is 4. The maximum atomic E-state index is 9.56. The van der Waals surface area contributed by atoms with Gasteiger partial charge in [0.25, 0.3) is 5.78 Å². The fraction of sp³-hybridized carbons (Fsp3) is 0.643. The van der Waals surface area contributed by atoms with Crippen LogP contribution in [-0.2, 0) is 6.42 Å². The van der Waals surface area contributed by atoms with E-state index in [4.69, 9.17) is 11.6 Å². The Morgan fingerprint density at radius 1 is 1.43 bits per heavy atom. The van der Waals surface area contributed by atoms with Gasteiger partial charge >= 0.3 is 0 Å². The predicted octanol–water partition coefficient (Wildman–Crippen LogP) is 2.55. The normalized spacial score (nSPS) is 13.0. The summed E-state index contributed by atoms with van der Waals surface area (Å²) in [5.74, 6) is 1.52. The quantitative estimate of drug-likeness (QED) is 0.769. The molecule has 0 unspecified atom stereocenters. The minimum Gasteiger partial charge on any atom is -0.394 e. The van der Waals surface area contributed by atoms with Crippen LogP contribution in [0.4, 0.5) is 5.82 Å². The van der Waals surface area contributed by atoms with Crippen LogP contribution in [0.15, 0.2) is 6.33 Å². The Bertz CT molecular complexity index is 598. The SMILES string of the molecule is CCCCc1c(Cl)nc2ncnn2c1N[C@@H](CO)C(C)C. The zero-order chi connectivity index (χ0) is 15.4. The topological polar surface area (TPSA) is 75.3 Å². The molecular weight excluding hydrogens is 290 g/mol. The van der Waals surface area contributed by atoms with Crippen molar-refractivity contribution in [2.45, 2.75) is 46.1 Å². The summed E-state index contributed by atoms with van der Waals surface area (Å²) in [6.45, 7) is 6.29. The number of fused-ring (bicyclic) bond motifs is 1. The van der Waals surface area contributed by atoms with Crippen molar-refractivity contribution in [1.82, 2.24) is 19.6 Å². The number of halogens is 1. The first-order valence-corrected chi connectivity index (χ1v) is 7.71. The van der Waals surface area contributed by atoms with E-state index in [-0.39, 0.29) is 18.6 Å². The Labute approximate surface area is 129 Å². The molecule has 0 radical (unpaired) electrons. The zero-order valence-electron chi connectivity index (χ0n) is 12.7. The second-order valence-electron chi connectivity index (χ2n) is 5.48. The van der Waals surface area contributed by atoms with Crippen LogP contribution in [0.25, 0.3) is 5.78 Å². The van der Waals surface area contributed by atoms with E-state index in [1.807, 2.05) is 0 Å². The van der Waals surface area contributed by atoms with Crippen molar-refractivity contribution in [3.05, 3.63) is 17.0 Å². The van der Waals surface area contributed by atoms with Gasteiger partial charge in [-0.05, 0) is 18.8 Å². The van der Waals surface area contributed by atoms with Crippen molar-refractivity contribution in [3.63, 3.8) is 0 Å². The van der Waals surface area contributed by atoms with E-state index in [1.54, 1.807) is 4.52 Å². The number of hydrogen-bond acceptors (Lipinski definition) is 5. The molecule has 0 bridgehead atoms. The largest absolute Gasteiger partial charge is 0.394 e. The summed E-state index contributed by atoms with van der Waals surface area (Å²) in [7, 11) is 0. The van der Waals surface area contributed by atoms with Crippen LogP contribution in [0, 0.1) is 5.92 Å². The van der Waals surface area contributed by atoms with Gasteiger partial charge in [-0.2, -0.15) is 19.6 Å². The number of aliphatic hydroxyl groups is 1. The van der Waals surface area contributed by atoms with Crippen LogP contribution in [0.5, 0.6) is 0 Å². The van der Waals surface area contributed by atoms with Crippen molar-refractivity contribution in [3.8, 4) is 0 Å². The molecule has 1 atom stereocenters. The van der Waals surface area contributed by atoms with Gasteiger partial charge in [0.2, 0.25) is 0 Å². The molecule has 2 aromatic heterocycles. The summed E-state index contributed by atoms with van der Waals surface area (Å²) >= 11 is 6.31. The predicted molar refractivity (Wildman–Crippen MR) is 83.7 cm³/mol. The highest BCUT2D eigenvalue weighted by atomic mass is 35.5. The molecule has 0 aliphatic heterocycles. The van der Waals surface area contributed by atoms with Gasteiger partial charge in [0.05, 0.1) is 12.6 Å². The van der Waals surface area contributed by atoms with Gasteiger partial charge in [-0.3, -0.25) is 0 Å². The number of anilines is 1. The zero-order valence-corrected chi connectivity index (χ0v) is 13.4. The van der Waals surface area contributed by atoms with Crippen molar-refractivity contribution >= 4 is 23.2 Å². The molecule has 6 nitrogen and oxygen atoms in total. The van der Waals surface area contributed by atoms with Gasteiger partial charge in [0.1, 0.15) is 17.3 Å². The molecule has 21 heavy (non-hydrogen) atoms. The van der Waals surface area contributed by atoms with Gasteiger partial charge in [-0.1, -0.05) is 38.8 Å². The first-order chi connectivity index (χ1) is 10.1. The molecule has 0 fully saturated rings. The summed E-state index contributed by atoms with van der Waals surface area (Å²) in [5.41, 5.74) is 0.926. The lowest BCUT2D eigenvalue weighted by molar-refractivity contribution is 0.248. The average Bonchev–Trinajstić information content (AvgIpc) is 2.90. The summed E-state index contributed by atoms with van der Waals surface area (Å²) in [5, 5.41) is 17.6. The van der Waals surface area contributed by atoms with E-state index in [9.17, 15) is 5.11 Å². The molecule has 0 saturated carbocycles. The molecule has 7 heteroatoms. The number of rotatable bonds is 7. The van der Waals surface area contributed by atoms with E-state index < -0.39 is 0 Å². The van der Waals surface area contributed by atoms with E-state index >= 15 is 0 Å². The Hall–Kier alpha value is -1.40. The highest BCUT2D eigenvalue weighted by molar-refractivity contribution is 6.30. The van der Waals surface area contributed by atoms with E-state index in [0.717, 1.165) is 30.6 Å². The summed E-state index contributed by atoms with van der Waals surface area (Å²) < 4.78 is 1.65. The number of aromatic nitrogens is 4. The molecule has 0 spiro atoms. The highest BCUT2D eigenvalue weighted by Gasteiger charge is 2.20. The van der Waals surface area contributed by atoms with Crippen molar-refractivity contribution < 1.29 is 5.11 Å². The molecule has 2 rings (SSSR count). The van der Waals surface area contributed by atoms with Crippen molar-refractivity contribution in [2.75, 3.05) is 11.9 Å². The smallest absolute Gasteiger partial charge is 0.255 e. The van der Waals surface area contributed by atoms with Crippen molar-refractivity contribution in [1.29, 1.82) is 0 Å². The highest BCUT2D eigenvalue weighted by Crippen LogP contribution is 2.26. The third-order valence-corrected chi connectivity index (χ3v) is 3.89. The second kappa shape index (κ2) is 7.04. The van der Waals surface area contributed by atoms with Crippen LogP contribution in [0.1, 0.15) is 39.2 Å². The number of aliphatic hydroxyl groups excluding tert-OH is 1. The molecule has 0 aromatic carbocycles. The third-order valence-electron chi connectivity index (χ3n) is 3.58. The molecule has 0 aliphatic rings. The molecule has 116 valence electrons. The first kappa shape index (κ1) is 16.0. The Morgan fingerprint density at radius 3 is 2.81 bits per heavy atom. The molecular formula is C14H22ClN5O. The molecule has 2 N–H and O–H groups in total. The van der Waals surface area contributed by atoms with Crippen LogP contribution < -0.4 is 5.32 Å². The fourth-order valence-electron chi connectivity index (χ4n) is 2.17. The number of unbranched alkanes of at least 4 members (excludes halogenated alkanes) is 1. The lowest BCUT2D eigenvalue weighted by atomic mass is 10.0. The maximum Gasteiger partial charge on any atom is 0.255 e. The molecule has 0 aliphatic carbocycles. The Morgan fingerprint density at radius 2 is 2.19 bits per heavy atom. The van der Waals surface area contributed by atoms with Gasteiger partial charge in [-0.25, -0.2) is 0 Å². The number of nitrogens with one attached hydrogen (secondary N) is 1. The van der Waals surface area contributed by atoms with Crippen LogP contribution >= 0.6 is 11.6 Å². The maximum absolute atomic E-state index is 9.56. The minimum absolute atomic E-state index is 0.0427. The number of hydrogen-bond donors (Lipinski definition) is 2. The van der Waals surface area contributed by atoms with Gasteiger partial charge in [0.15, 0.2) is 0 Å². The Balaban J connectivity index is 2.47. The molecule has 0 saturated heterocycles. The third kappa shape index (κ3) is 3.44. The fourth-order valence-corrected chi connectivity index (χ4v) is 2.43. The minimum atomic E-state index is -0.0729. The van der Waals surface area contributed by atoms with E-state index in [0.29, 0.717) is 10.9 Å². The first-order valence-electron chi connectivity index (χ1n) is 7.34. The standard InChI is InChI=1S/C14H22ClN5O/c1-4-5-6-10-12(15)19-14-16-8-17-20(14)13(10)18-11(7-21)9(2)3/h8-9,11,18,21H,4-7H2,1-3H3/t11-/m0/s1.